The second-order valence-electron chi connectivity index (χ2n) is 3.24. The quantitative estimate of drug-likeness (QED) is 0.632. The van der Waals surface area contributed by atoms with Crippen LogP contribution in [0, 0.1) is 0 Å². The topological polar surface area (TPSA) is 87.6 Å². The highest BCUT2D eigenvalue weighted by atomic mass is 16.3. The van der Waals surface area contributed by atoms with Gasteiger partial charge in [-0.2, -0.15) is 0 Å². The Morgan fingerprint density at radius 2 is 2.12 bits per heavy atom. The molecule has 0 fully saturated rings. The Hall–Kier alpha value is -2.50. The molecule has 3 heterocycles. The number of nitrogens with zero attached hydrogens (tertiary/aromatic N) is 4. The zero-order chi connectivity index (χ0) is 11.0. The summed E-state index contributed by atoms with van der Waals surface area (Å²) < 4.78 is 0. The maximum Gasteiger partial charge on any atom is 0.181 e. The first-order valence-corrected chi connectivity index (χ1v) is 4.63. The fourth-order valence-corrected chi connectivity index (χ4v) is 1.48. The van der Waals surface area contributed by atoms with Crippen LogP contribution in [0.3, 0.4) is 0 Å². The van der Waals surface area contributed by atoms with Crippen LogP contribution in [0.5, 0.6) is 5.75 Å². The van der Waals surface area contributed by atoms with E-state index in [2.05, 4.69) is 24.9 Å². The normalized spacial score (nSPS) is 10.8. The lowest BCUT2D eigenvalue weighted by molar-refractivity contribution is 0.474. The monoisotopic (exact) mass is 213 g/mol. The van der Waals surface area contributed by atoms with Gasteiger partial charge in [-0.3, -0.25) is 4.98 Å². The molecule has 0 aliphatic heterocycles. The predicted octanol–water partition coefficient (Wildman–Crippen LogP) is 1.12. The molecule has 0 aliphatic carbocycles. The highest BCUT2D eigenvalue weighted by Crippen LogP contribution is 2.26. The number of nitrogens with one attached hydrogen (secondary N) is 1. The summed E-state index contributed by atoms with van der Waals surface area (Å²) in [5.41, 5.74) is 1.89. The molecule has 0 unspecified atom stereocenters. The first kappa shape index (κ1) is 8.78. The smallest absolute Gasteiger partial charge is 0.181 e. The molecule has 0 aromatic carbocycles. The highest BCUT2D eigenvalue weighted by Gasteiger charge is 2.09. The lowest BCUT2D eigenvalue weighted by atomic mass is 10.2. The van der Waals surface area contributed by atoms with Crippen LogP contribution < -0.4 is 0 Å². The number of aromatic amines is 1. The number of hydrogen-bond acceptors (Lipinski definition) is 5. The van der Waals surface area contributed by atoms with E-state index in [0.29, 0.717) is 17.0 Å². The van der Waals surface area contributed by atoms with Gasteiger partial charge in [0.1, 0.15) is 23.4 Å². The minimum Gasteiger partial charge on any atom is -0.506 e. The first-order valence-electron chi connectivity index (χ1n) is 4.63. The standard InChI is InChI=1S/C10H7N5O/c16-8-4-11-2-1-6(8)9-14-7-3-12-5-13-10(7)15-9/h1-5,16H,(H,12,13,14,15). The molecule has 2 N–H and O–H groups in total. The van der Waals surface area contributed by atoms with Gasteiger partial charge >= 0.3 is 0 Å². The van der Waals surface area contributed by atoms with Crippen molar-refractivity contribution < 1.29 is 5.11 Å². The van der Waals surface area contributed by atoms with E-state index < -0.39 is 0 Å². The van der Waals surface area contributed by atoms with Crippen LogP contribution >= 0.6 is 0 Å². The number of aromatic hydroxyl groups is 1. The van der Waals surface area contributed by atoms with Gasteiger partial charge in [0.05, 0.1) is 18.0 Å². The fraction of sp³-hybridized carbons (Fsp3) is 0. The lowest BCUT2D eigenvalue weighted by Gasteiger charge is -1.97. The first-order chi connectivity index (χ1) is 7.84. The number of aromatic nitrogens is 5. The van der Waals surface area contributed by atoms with Crippen LogP contribution in [-0.4, -0.2) is 30.0 Å². The van der Waals surface area contributed by atoms with Crippen molar-refractivity contribution in [3.05, 3.63) is 31.0 Å². The van der Waals surface area contributed by atoms with E-state index in [4.69, 9.17) is 0 Å². The van der Waals surface area contributed by atoms with Gasteiger partial charge in [-0.1, -0.05) is 0 Å². The van der Waals surface area contributed by atoms with Gasteiger partial charge in [-0.15, -0.1) is 0 Å². The van der Waals surface area contributed by atoms with Crippen LogP contribution in [-0.2, 0) is 0 Å². The van der Waals surface area contributed by atoms with E-state index in [0.717, 1.165) is 5.52 Å². The largest absolute Gasteiger partial charge is 0.506 e. The van der Waals surface area contributed by atoms with E-state index in [1.54, 1.807) is 18.5 Å². The van der Waals surface area contributed by atoms with Gasteiger partial charge in [-0.05, 0) is 6.07 Å². The Kier molecular flexibility index (Phi) is 1.79. The number of pyridine rings is 1. The average Bonchev–Trinajstić information content (AvgIpc) is 2.73. The zero-order valence-electron chi connectivity index (χ0n) is 8.12. The van der Waals surface area contributed by atoms with Gasteiger partial charge in [0, 0.05) is 6.20 Å². The maximum atomic E-state index is 9.63. The molecule has 0 spiro atoms. The predicted molar refractivity (Wildman–Crippen MR) is 56.6 cm³/mol. The molecule has 3 aromatic rings. The molecule has 0 amide bonds. The van der Waals surface area contributed by atoms with Gasteiger partial charge in [-0.25, -0.2) is 15.0 Å². The molecule has 6 heteroatoms. The Balaban J connectivity index is 2.23. The summed E-state index contributed by atoms with van der Waals surface area (Å²) in [6.45, 7) is 0. The molecule has 0 saturated carbocycles. The molecule has 78 valence electrons. The van der Waals surface area contributed by atoms with Gasteiger partial charge in [0.2, 0.25) is 0 Å². The Morgan fingerprint density at radius 3 is 2.94 bits per heavy atom. The molecule has 3 aromatic heterocycles. The summed E-state index contributed by atoms with van der Waals surface area (Å²) in [6.07, 6.45) is 6.03. The van der Waals surface area contributed by atoms with Gasteiger partial charge < -0.3 is 10.1 Å². The minimum absolute atomic E-state index is 0.0783. The summed E-state index contributed by atoms with van der Waals surface area (Å²) in [7, 11) is 0. The molecule has 6 nitrogen and oxygen atoms in total. The van der Waals surface area contributed by atoms with Crippen LogP contribution in [0.25, 0.3) is 22.6 Å². The molecule has 0 radical (unpaired) electrons. The highest BCUT2D eigenvalue weighted by molar-refractivity contribution is 5.76. The van der Waals surface area contributed by atoms with Crippen LogP contribution in [0.1, 0.15) is 0 Å². The molecule has 0 bridgehead atoms. The van der Waals surface area contributed by atoms with Gasteiger partial charge in [0.15, 0.2) is 5.65 Å². The third-order valence-electron chi connectivity index (χ3n) is 2.22. The SMILES string of the molecule is Oc1cnccc1-c1nc2ncncc2[nH]1. The molecular weight excluding hydrogens is 206 g/mol. The second kappa shape index (κ2) is 3.27. The number of rotatable bonds is 1. The molecule has 0 aliphatic rings. The van der Waals surface area contributed by atoms with E-state index in [1.807, 2.05) is 0 Å². The van der Waals surface area contributed by atoms with Crippen molar-refractivity contribution in [2.75, 3.05) is 0 Å². The van der Waals surface area contributed by atoms with Crippen molar-refractivity contribution in [3.8, 4) is 17.1 Å². The molecule has 0 saturated heterocycles. The lowest BCUT2D eigenvalue weighted by Crippen LogP contribution is -1.82. The van der Waals surface area contributed by atoms with E-state index in [-0.39, 0.29) is 5.75 Å². The van der Waals surface area contributed by atoms with Crippen LogP contribution in [0.15, 0.2) is 31.0 Å². The van der Waals surface area contributed by atoms with Crippen molar-refractivity contribution >= 4 is 11.2 Å². The van der Waals surface area contributed by atoms with Crippen molar-refractivity contribution in [2.45, 2.75) is 0 Å². The average molecular weight is 213 g/mol. The summed E-state index contributed by atoms with van der Waals surface area (Å²) in [6, 6.07) is 1.68. The summed E-state index contributed by atoms with van der Waals surface area (Å²) in [4.78, 5) is 19.0. The van der Waals surface area contributed by atoms with E-state index in [9.17, 15) is 5.11 Å². The number of imidazole rings is 1. The van der Waals surface area contributed by atoms with E-state index >= 15 is 0 Å². The summed E-state index contributed by atoms with van der Waals surface area (Å²) in [5.74, 6) is 0.630. The van der Waals surface area contributed by atoms with Crippen molar-refractivity contribution in [2.24, 2.45) is 0 Å². The number of fused-ring (bicyclic) bond motifs is 1. The van der Waals surface area contributed by atoms with Crippen molar-refractivity contribution in [3.63, 3.8) is 0 Å². The van der Waals surface area contributed by atoms with Crippen molar-refractivity contribution in [1.82, 2.24) is 24.9 Å². The summed E-state index contributed by atoms with van der Waals surface area (Å²) in [5, 5.41) is 9.63. The Bertz CT molecular complexity index is 615. The zero-order valence-corrected chi connectivity index (χ0v) is 8.12. The summed E-state index contributed by atoms with van der Waals surface area (Å²) >= 11 is 0. The van der Waals surface area contributed by atoms with E-state index in [1.165, 1.54) is 12.5 Å². The third-order valence-corrected chi connectivity index (χ3v) is 2.22. The minimum atomic E-state index is 0.0783. The molecule has 0 atom stereocenters. The van der Waals surface area contributed by atoms with Crippen LogP contribution in [0.4, 0.5) is 0 Å². The Labute approximate surface area is 90.1 Å². The number of hydrogen-bond donors (Lipinski definition) is 2. The van der Waals surface area contributed by atoms with Crippen molar-refractivity contribution in [1.29, 1.82) is 0 Å². The number of H-pyrrole nitrogens is 1. The molecule has 3 rings (SSSR count). The molecule has 16 heavy (non-hydrogen) atoms. The van der Waals surface area contributed by atoms with Crippen LogP contribution in [0.2, 0.25) is 0 Å². The Morgan fingerprint density at radius 1 is 1.19 bits per heavy atom. The fourth-order valence-electron chi connectivity index (χ4n) is 1.48. The molecular formula is C10H7N5O. The second-order valence-corrected chi connectivity index (χ2v) is 3.24. The maximum absolute atomic E-state index is 9.63. The third kappa shape index (κ3) is 1.28. The van der Waals surface area contributed by atoms with Gasteiger partial charge in [0.25, 0.3) is 0 Å².